The van der Waals surface area contributed by atoms with Crippen molar-refractivity contribution in [1.82, 2.24) is 9.97 Å². The van der Waals surface area contributed by atoms with Gasteiger partial charge in [0, 0.05) is 18.7 Å². The lowest BCUT2D eigenvalue weighted by atomic mass is 10.2. The van der Waals surface area contributed by atoms with E-state index in [0.717, 1.165) is 17.7 Å². The monoisotopic (exact) mass is 274 g/mol. The molecule has 0 atom stereocenters. The van der Waals surface area contributed by atoms with Crippen molar-refractivity contribution in [3.8, 4) is 17.1 Å². The molecule has 5 heteroatoms. The molecular formula is C15H18N2O3. The fourth-order valence-corrected chi connectivity index (χ4v) is 1.80. The molecule has 1 heterocycles. The molecule has 20 heavy (non-hydrogen) atoms. The van der Waals surface area contributed by atoms with E-state index in [9.17, 15) is 4.79 Å². The Hall–Kier alpha value is -2.14. The van der Waals surface area contributed by atoms with Gasteiger partial charge in [-0.1, -0.05) is 6.92 Å². The second-order valence-corrected chi connectivity index (χ2v) is 4.39. The highest BCUT2D eigenvalue weighted by Crippen LogP contribution is 2.19. The average Bonchev–Trinajstić information content (AvgIpc) is 2.45. The lowest BCUT2D eigenvalue weighted by molar-refractivity contribution is 0.181. The summed E-state index contributed by atoms with van der Waals surface area (Å²) >= 11 is 0. The second kappa shape index (κ2) is 6.86. The van der Waals surface area contributed by atoms with E-state index >= 15 is 0 Å². The summed E-state index contributed by atoms with van der Waals surface area (Å²) in [4.78, 5) is 18.7. The maximum Gasteiger partial charge on any atom is 0.251 e. The molecular weight excluding hydrogens is 256 g/mol. The van der Waals surface area contributed by atoms with Crippen molar-refractivity contribution in [2.24, 2.45) is 0 Å². The number of rotatable bonds is 6. The van der Waals surface area contributed by atoms with Crippen molar-refractivity contribution < 1.29 is 9.47 Å². The van der Waals surface area contributed by atoms with Crippen LogP contribution in [0.1, 0.15) is 19.0 Å². The Balaban J connectivity index is 2.24. The zero-order valence-electron chi connectivity index (χ0n) is 11.7. The first kappa shape index (κ1) is 14.3. The van der Waals surface area contributed by atoms with Crippen molar-refractivity contribution in [3.05, 3.63) is 46.4 Å². The molecule has 5 nitrogen and oxygen atoms in total. The summed E-state index contributed by atoms with van der Waals surface area (Å²) in [5.74, 6) is 1.34. The van der Waals surface area contributed by atoms with Crippen LogP contribution in [0.2, 0.25) is 0 Å². The Morgan fingerprint density at radius 2 is 2.00 bits per heavy atom. The van der Waals surface area contributed by atoms with Gasteiger partial charge < -0.3 is 14.5 Å². The average molecular weight is 274 g/mol. The second-order valence-electron chi connectivity index (χ2n) is 4.39. The molecule has 0 saturated heterocycles. The van der Waals surface area contributed by atoms with Gasteiger partial charge in [-0.3, -0.25) is 4.79 Å². The highest BCUT2D eigenvalue weighted by Gasteiger charge is 2.04. The van der Waals surface area contributed by atoms with E-state index in [0.29, 0.717) is 24.7 Å². The van der Waals surface area contributed by atoms with Crippen LogP contribution >= 0.6 is 0 Å². The Kier molecular flexibility index (Phi) is 4.90. The number of hydrogen-bond acceptors (Lipinski definition) is 4. The van der Waals surface area contributed by atoms with Gasteiger partial charge in [-0.15, -0.1) is 0 Å². The fraction of sp³-hybridized carbons (Fsp3) is 0.333. The number of benzene rings is 1. The van der Waals surface area contributed by atoms with E-state index in [4.69, 9.17) is 9.47 Å². The van der Waals surface area contributed by atoms with E-state index in [1.807, 2.05) is 24.3 Å². The molecule has 0 aliphatic heterocycles. The minimum Gasteiger partial charge on any atom is -0.494 e. The number of aromatic amines is 1. The van der Waals surface area contributed by atoms with Gasteiger partial charge in [0.2, 0.25) is 0 Å². The van der Waals surface area contributed by atoms with Crippen molar-refractivity contribution in [1.29, 1.82) is 0 Å². The predicted octanol–water partition coefficient (Wildman–Crippen LogP) is 2.37. The van der Waals surface area contributed by atoms with E-state index in [1.54, 1.807) is 7.11 Å². The van der Waals surface area contributed by atoms with Gasteiger partial charge in [-0.05, 0) is 30.7 Å². The van der Waals surface area contributed by atoms with E-state index < -0.39 is 0 Å². The lowest BCUT2D eigenvalue weighted by Crippen LogP contribution is -2.10. The van der Waals surface area contributed by atoms with Gasteiger partial charge in [0.05, 0.1) is 18.9 Å². The fourth-order valence-electron chi connectivity index (χ4n) is 1.80. The third-order valence-corrected chi connectivity index (χ3v) is 2.69. The zero-order valence-corrected chi connectivity index (χ0v) is 11.7. The molecule has 0 spiro atoms. The first-order chi connectivity index (χ1) is 9.72. The van der Waals surface area contributed by atoms with Crippen LogP contribution in [0.3, 0.4) is 0 Å². The summed E-state index contributed by atoms with van der Waals surface area (Å²) in [5, 5.41) is 0. The summed E-state index contributed by atoms with van der Waals surface area (Å²) < 4.78 is 10.5. The number of hydrogen-bond donors (Lipinski definition) is 1. The number of H-pyrrole nitrogens is 1. The molecule has 0 aliphatic carbocycles. The molecule has 1 aromatic heterocycles. The van der Waals surface area contributed by atoms with Crippen LogP contribution in [0.25, 0.3) is 11.4 Å². The summed E-state index contributed by atoms with van der Waals surface area (Å²) in [6.07, 6.45) is 0.968. The lowest BCUT2D eigenvalue weighted by Gasteiger charge is -2.06. The minimum atomic E-state index is -0.187. The topological polar surface area (TPSA) is 64.2 Å². The molecule has 0 aliphatic rings. The maximum absolute atomic E-state index is 11.6. The Morgan fingerprint density at radius 3 is 2.65 bits per heavy atom. The van der Waals surface area contributed by atoms with Gasteiger partial charge in [-0.25, -0.2) is 4.98 Å². The van der Waals surface area contributed by atoms with Crippen LogP contribution in [0, 0.1) is 0 Å². The quantitative estimate of drug-likeness (QED) is 0.878. The van der Waals surface area contributed by atoms with Gasteiger partial charge in [0.15, 0.2) is 0 Å². The van der Waals surface area contributed by atoms with Crippen LogP contribution in [0.5, 0.6) is 5.75 Å². The molecule has 0 fully saturated rings. The Bertz CT molecular complexity index is 605. The number of nitrogens with one attached hydrogen (secondary N) is 1. The zero-order chi connectivity index (χ0) is 14.4. The van der Waals surface area contributed by atoms with Gasteiger partial charge >= 0.3 is 0 Å². The molecule has 2 rings (SSSR count). The molecule has 106 valence electrons. The Morgan fingerprint density at radius 1 is 1.25 bits per heavy atom. The third-order valence-electron chi connectivity index (χ3n) is 2.69. The Labute approximate surface area is 117 Å². The van der Waals surface area contributed by atoms with Crippen LogP contribution < -0.4 is 10.3 Å². The molecule has 0 bridgehead atoms. The molecule has 0 amide bonds. The minimum absolute atomic E-state index is 0.187. The highest BCUT2D eigenvalue weighted by molar-refractivity contribution is 5.56. The standard InChI is InChI=1S/C15H18N2O3/c1-3-8-20-13-6-4-11(5-7-13)15-16-12(10-19-2)9-14(18)17-15/h4-7,9H,3,8,10H2,1-2H3,(H,16,17,18). The third kappa shape index (κ3) is 3.68. The van der Waals surface area contributed by atoms with Crippen molar-refractivity contribution in [3.63, 3.8) is 0 Å². The van der Waals surface area contributed by atoms with Crippen LogP contribution in [0.4, 0.5) is 0 Å². The molecule has 1 N–H and O–H groups in total. The number of ether oxygens (including phenoxy) is 2. The largest absolute Gasteiger partial charge is 0.494 e. The molecule has 2 aromatic rings. The highest BCUT2D eigenvalue weighted by atomic mass is 16.5. The normalized spacial score (nSPS) is 10.5. The van der Waals surface area contributed by atoms with Crippen molar-refractivity contribution in [2.75, 3.05) is 13.7 Å². The van der Waals surface area contributed by atoms with Crippen LogP contribution in [-0.4, -0.2) is 23.7 Å². The van der Waals surface area contributed by atoms with Gasteiger partial charge in [0.25, 0.3) is 5.56 Å². The van der Waals surface area contributed by atoms with E-state index in [2.05, 4.69) is 16.9 Å². The summed E-state index contributed by atoms with van der Waals surface area (Å²) in [6.45, 7) is 3.07. The molecule has 0 radical (unpaired) electrons. The van der Waals surface area contributed by atoms with Gasteiger partial charge in [0.1, 0.15) is 11.6 Å². The van der Waals surface area contributed by atoms with Gasteiger partial charge in [-0.2, -0.15) is 0 Å². The molecule has 0 unspecified atom stereocenters. The first-order valence-corrected chi connectivity index (χ1v) is 6.55. The predicted molar refractivity (Wildman–Crippen MR) is 76.8 cm³/mol. The van der Waals surface area contributed by atoms with E-state index in [1.165, 1.54) is 6.07 Å². The summed E-state index contributed by atoms with van der Waals surface area (Å²) in [7, 11) is 1.57. The van der Waals surface area contributed by atoms with Crippen molar-refractivity contribution in [2.45, 2.75) is 20.0 Å². The summed E-state index contributed by atoms with van der Waals surface area (Å²) in [5.41, 5.74) is 1.26. The summed E-state index contributed by atoms with van der Waals surface area (Å²) in [6, 6.07) is 8.92. The van der Waals surface area contributed by atoms with E-state index in [-0.39, 0.29) is 5.56 Å². The molecule has 0 saturated carbocycles. The SMILES string of the molecule is CCCOc1ccc(-c2nc(COC)cc(=O)[nH]2)cc1. The van der Waals surface area contributed by atoms with Crippen LogP contribution in [-0.2, 0) is 11.3 Å². The maximum atomic E-state index is 11.6. The van der Waals surface area contributed by atoms with Crippen LogP contribution in [0.15, 0.2) is 35.1 Å². The smallest absolute Gasteiger partial charge is 0.251 e. The molecule has 1 aromatic carbocycles. The number of nitrogens with zero attached hydrogens (tertiary/aromatic N) is 1. The number of methoxy groups -OCH3 is 1. The van der Waals surface area contributed by atoms with Crippen molar-refractivity contribution >= 4 is 0 Å². The number of aromatic nitrogens is 2. The first-order valence-electron chi connectivity index (χ1n) is 6.55.